The van der Waals surface area contributed by atoms with Gasteiger partial charge in [0.15, 0.2) is 0 Å². The number of hydrogen-bond acceptors (Lipinski definition) is 5. The summed E-state index contributed by atoms with van der Waals surface area (Å²) in [5.41, 5.74) is 0. The van der Waals surface area contributed by atoms with Crippen LogP contribution >= 0.6 is 0 Å². The van der Waals surface area contributed by atoms with Gasteiger partial charge in [-0.15, -0.1) is 0 Å². The van der Waals surface area contributed by atoms with Crippen LogP contribution in [0.4, 0.5) is 0 Å². The Bertz CT molecular complexity index is 332. The second-order valence-electron chi connectivity index (χ2n) is 6.02. The summed E-state index contributed by atoms with van der Waals surface area (Å²) in [5.74, 6) is 0.102. The highest BCUT2D eigenvalue weighted by Gasteiger charge is 2.56. The van der Waals surface area contributed by atoms with E-state index in [0.29, 0.717) is 12.5 Å². The maximum atomic E-state index is 11.6. The molecule has 19 heavy (non-hydrogen) atoms. The molecule has 5 heteroatoms. The van der Waals surface area contributed by atoms with Crippen molar-refractivity contribution in [3.63, 3.8) is 0 Å². The summed E-state index contributed by atoms with van der Waals surface area (Å²) in [5, 5.41) is 19.8. The minimum absolute atomic E-state index is 0.00716. The molecule has 1 saturated carbocycles. The van der Waals surface area contributed by atoms with E-state index in [2.05, 4.69) is 6.92 Å². The fourth-order valence-electron chi connectivity index (χ4n) is 3.96. The smallest absolute Gasteiger partial charge is 0.305 e. The molecule has 7 unspecified atom stereocenters. The first-order valence-corrected chi connectivity index (χ1v) is 6.98. The molecule has 0 aromatic rings. The molecule has 0 bridgehead atoms. The lowest BCUT2D eigenvalue weighted by molar-refractivity contribution is -0.143. The molecule has 1 heterocycles. The Labute approximate surface area is 113 Å². The van der Waals surface area contributed by atoms with E-state index >= 15 is 0 Å². The van der Waals surface area contributed by atoms with Crippen LogP contribution in [0.2, 0.25) is 0 Å². The molecule has 5 nitrogen and oxygen atoms in total. The number of rotatable bonds is 4. The molecule has 0 radical (unpaired) electrons. The third kappa shape index (κ3) is 2.51. The maximum absolute atomic E-state index is 11.6. The highest BCUT2D eigenvalue weighted by molar-refractivity contribution is 5.69. The largest absolute Gasteiger partial charge is 0.469 e. The third-order valence-electron chi connectivity index (χ3n) is 4.88. The lowest BCUT2D eigenvalue weighted by atomic mass is 9.76. The summed E-state index contributed by atoms with van der Waals surface area (Å²) in [6.45, 7) is 4.63. The minimum atomic E-state index is -0.605. The second kappa shape index (κ2) is 5.77. The first kappa shape index (κ1) is 14.8. The number of esters is 1. The van der Waals surface area contributed by atoms with Crippen LogP contribution in [0.1, 0.15) is 20.3 Å². The summed E-state index contributed by atoms with van der Waals surface area (Å²) >= 11 is 0. The van der Waals surface area contributed by atoms with E-state index in [9.17, 15) is 15.0 Å². The Kier molecular flexibility index (Phi) is 4.48. The lowest BCUT2D eigenvalue weighted by Gasteiger charge is -2.29. The lowest BCUT2D eigenvalue weighted by Crippen LogP contribution is -2.34. The molecule has 110 valence electrons. The van der Waals surface area contributed by atoms with Crippen molar-refractivity contribution in [1.29, 1.82) is 0 Å². The molecule has 2 rings (SSSR count). The molecule has 1 aliphatic heterocycles. The van der Waals surface area contributed by atoms with Crippen molar-refractivity contribution >= 4 is 5.97 Å². The average Bonchev–Trinajstić information content (AvgIpc) is 2.90. The first-order chi connectivity index (χ1) is 9.01. The highest BCUT2D eigenvalue weighted by Crippen LogP contribution is 2.51. The van der Waals surface area contributed by atoms with E-state index in [0.717, 1.165) is 0 Å². The van der Waals surface area contributed by atoms with Gasteiger partial charge in [0.25, 0.3) is 0 Å². The second-order valence-corrected chi connectivity index (χ2v) is 6.02. The van der Waals surface area contributed by atoms with E-state index in [1.54, 1.807) is 0 Å². The summed E-state index contributed by atoms with van der Waals surface area (Å²) in [7, 11) is 1.38. The van der Waals surface area contributed by atoms with Gasteiger partial charge in [0.1, 0.15) is 0 Å². The summed E-state index contributed by atoms with van der Waals surface area (Å²) in [6, 6.07) is 0. The Hall–Kier alpha value is -0.650. The van der Waals surface area contributed by atoms with Gasteiger partial charge in [-0.1, -0.05) is 13.8 Å². The Morgan fingerprint density at radius 1 is 1.53 bits per heavy atom. The monoisotopic (exact) mass is 272 g/mol. The van der Waals surface area contributed by atoms with Gasteiger partial charge in [-0.25, -0.2) is 0 Å². The number of ether oxygens (including phenoxy) is 2. The molecule has 0 aromatic carbocycles. The molecular weight excluding hydrogens is 248 g/mol. The highest BCUT2D eigenvalue weighted by atomic mass is 16.5. The summed E-state index contributed by atoms with van der Waals surface area (Å²) in [4.78, 5) is 11.6. The van der Waals surface area contributed by atoms with Crippen LogP contribution in [0.25, 0.3) is 0 Å². The van der Waals surface area contributed by atoms with Crippen molar-refractivity contribution in [2.45, 2.75) is 32.5 Å². The van der Waals surface area contributed by atoms with Gasteiger partial charge in [0.05, 0.1) is 25.9 Å². The Morgan fingerprint density at radius 3 is 2.79 bits per heavy atom. The average molecular weight is 272 g/mol. The van der Waals surface area contributed by atoms with Gasteiger partial charge in [-0.05, 0) is 29.6 Å². The molecule has 7 atom stereocenters. The predicted molar refractivity (Wildman–Crippen MR) is 68.3 cm³/mol. The van der Waals surface area contributed by atoms with Crippen molar-refractivity contribution in [2.75, 3.05) is 20.3 Å². The van der Waals surface area contributed by atoms with Gasteiger partial charge in [0, 0.05) is 13.0 Å². The van der Waals surface area contributed by atoms with E-state index in [1.807, 2.05) is 6.92 Å². The molecule has 0 spiro atoms. The molecular formula is C14H24O5. The van der Waals surface area contributed by atoms with Crippen LogP contribution in [-0.4, -0.2) is 48.7 Å². The SMILES string of the molecule is COC(=O)CC1C(C(C)CO)C(O)C2OCC(C)C12. The van der Waals surface area contributed by atoms with Crippen molar-refractivity contribution < 1.29 is 24.5 Å². The minimum Gasteiger partial charge on any atom is -0.469 e. The quantitative estimate of drug-likeness (QED) is 0.726. The van der Waals surface area contributed by atoms with Crippen LogP contribution in [0.3, 0.4) is 0 Å². The number of methoxy groups -OCH3 is 1. The van der Waals surface area contributed by atoms with Crippen molar-refractivity contribution in [3.8, 4) is 0 Å². The standard InChI is InChI=1S/C14H24O5/c1-7(5-15)11-9(4-10(16)18-3)12-8(2)6-19-14(12)13(11)17/h7-9,11-15,17H,4-6H2,1-3H3. The molecule has 2 fully saturated rings. The van der Waals surface area contributed by atoms with Crippen LogP contribution in [0.15, 0.2) is 0 Å². The van der Waals surface area contributed by atoms with E-state index < -0.39 is 6.10 Å². The van der Waals surface area contributed by atoms with Crippen molar-refractivity contribution in [1.82, 2.24) is 0 Å². The fraction of sp³-hybridized carbons (Fsp3) is 0.929. The maximum Gasteiger partial charge on any atom is 0.305 e. The number of carbonyl (C=O) groups excluding carboxylic acids is 1. The molecule has 2 aliphatic rings. The number of carbonyl (C=O) groups is 1. The predicted octanol–water partition coefficient (Wildman–Crippen LogP) is 0.436. The van der Waals surface area contributed by atoms with Crippen LogP contribution < -0.4 is 0 Å². The number of aliphatic hydroxyl groups is 2. The topological polar surface area (TPSA) is 76.0 Å². The van der Waals surface area contributed by atoms with E-state index in [-0.39, 0.29) is 48.8 Å². The zero-order chi connectivity index (χ0) is 14.2. The molecule has 0 amide bonds. The number of hydrogen-bond donors (Lipinski definition) is 2. The van der Waals surface area contributed by atoms with Gasteiger partial charge in [0.2, 0.25) is 0 Å². The van der Waals surface area contributed by atoms with Crippen LogP contribution in [0, 0.1) is 29.6 Å². The zero-order valence-electron chi connectivity index (χ0n) is 11.8. The third-order valence-corrected chi connectivity index (χ3v) is 4.88. The molecule has 1 aliphatic carbocycles. The summed E-state index contributed by atoms with van der Waals surface area (Å²) < 4.78 is 10.5. The first-order valence-electron chi connectivity index (χ1n) is 6.98. The number of fused-ring (bicyclic) bond motifs is 1. The van der Waals surface area contributed by atoms with E-state index in [1.165, 1.54) is 7.11 Å². The van der Waals surface area contributed by atoms with Crippen molar-refractivity contribution in [2.24, 2.45) is 29.6 Å². The van der Waals surface area contributed by atoms with Crippen LogP contribution in [0.5, 0.6) is 0 Å². The Balaban J connectivity index is 2.23. The zero-order valence-corrected chi connectivity index (χ0v) is 11.8. The molecule has 1 saturated heterocycles. The van der Waals surface area contributed by atoms with Gasteiger partial charge >= 0.3 is 5.97 Å². The Morgan fingerprint density at radius 2 is 2.21 bits per heavy atom. The molecule has 0 aromatic heterocycles. The van der Waals surface area contributed by atoms with Crippen molar-refractivity contribution in [3.05, 3.63) is 0 Å². The molecule has 2 N–H and O–H groups in total. The number of aliphatic hydroxyl groups excluding tert-OH is 2. The van der Waals surface area contributed by atoms with Crippen LogP contribution in [-0.2, 0) is 14.3 Å². The normalized spacial score (nSPS) is 43.0. The van der Waals surface area contributed by atoms with Gasteiger partial charge < -0.3 is 19.7 Å². The van der Waals surface area contributed by atoms with E-state index in [4.69, 9.17) is 9.47 Å². The summed E-state index contributed by atoms with van der Waals surface area (Å²) in [6.07, 6.45) is -0.521. The fourth-order valence-corrected chi connectivity index (χ4v) is 3.96. The van der Waals surface area contributed by atoms with Gasteiger partial charge in [-0.3, -0.25) is 4.79 Å². The van der Waals surface area contributed by atoms with Gasteiger partial charge in [-0.2, -0.15) is 0 Å².